The first kappa shape index (κ1) is 27.2. The number of carbonyl (C=O) groups is 1. The van der Waals surface area contributed by atoms with Crippen molar-refractivity contribution in [3.8, 4) is 0 Å². The molecule has 0 aliphatic carbocycles. The van der Waals surface area contributed by atoms with E-state index < -0.39 is 0 Å². The molecule has 0 aromatic rings. The largest absolute Gasteiger partial charge is 0.379 e. The third-order valence-electron chi connectivity index (χ3n) is 3.67. The zero-order valence-electron chi connectivity index (χ0n) is 18.2. The monoisotopic (exact) mass is 405 g/mol. The third kappa shape index (κ3) is 23.3. The summed E-state index contributed by atoms with van der Waals surface area (Å²) in [4.78, 5) is 11.6. The van der Waals surface area contributed by atoms with Crippen LogP contribution in [0.5, 0.6) is 0 Å². The molecule has 0 saturated carbocycles. The second-order valence-corrected chi connectivity index (χ2v) is 6.76. The van der Waals surface area contributed by atoms with Gasteiger partial charge in [0.05, 0.1) is 52.9 Å². The van der Waals surface area contributed by atoms with Crippen molar-refractivity contribution in [1.82, 2.24) is 16.0 Å². The van der Waals surface area contributed by atoms with E-state index in [1.54, 1.807) is 0 Å². The first-order valence-corrected chi connectivity index (χ1v) is 10.7. The molecule has 0 unspecified atom stereocenters. The molecule has 1 amide bonds. The van der Waals surface area contributed by atoms with Gasteiger partial charge in [0.2, 0.25) is 5.91 Å². The smallest absolute Gasteiger partial charge is 0.222 e. The van der Waals surface area contributed by atoms with E-state index in [0.29, 0.717) is 71.9 Å². The van der Waals surface area contributed by atoms with Crippen LogP contribution in [0.2, 0.25) is 0 Å². The zero-order chi connectivity index (χ0) is 20.7. The van der Waals surface area contributed by atoms with Crippen molar-refractivity contribution in [1.29, 1.82) is 0 Å². The summed E-state index contributed by atoms with van der Waals surface area (Å²) in [7, 11) is 0. The molecule has 0 radical (unpaired) electrons. The Morgan fingerprint density at radius 2 is 1.32 bits per heavy atom. The number of nitrogens with one attached hydrogen (secondary N) is 3. The maximum Gasteiger partial charge on any atom is 0.222 e. The second kappa shape index (κ2) is 22.5. The van der Waals surface area contributed by atoms with E-state index >= 15 is 0 Å². The lowest BCUT2D eigenvalue weighted by Gasteiger charge is -2.09. The minimum atomic E-state index is 0.0343. The number of ether oxygens (including phenoxy) is 4. The SMILES string of the molecule is CCCNCCCNC(=O)CCOCCOCCOCCOCCNC(C)C. The maximum absolute atomic E-state index is 11.6. The topological polar surface area (TPSA) is 90.1 Å². The van der Waals surface area contributed by atoms with E-state index in [0.717, 1.165) is 32.5 Å². The molecule has 3 N–H and O–H groups in total. The lowest BCUT2D eigenvalue weighted by molar-refractivity contribution is -0.122. The van der Waals surface area contributed by atoms with Crippen molar-refractivity contribution in [2.45, 2.75) is 46.1 Å². The molecule has 8 nitrogen and oxygen atoms in total. The van der Waals surface area contributed by atoms with Gasteiger partial charge in [-0.3, -0.25) is 4.79 Å². The molecule has 0 aliphatic rings. The Morgan fingerprint density at radius 3 is 1.89 bits per heavy atom. The Morgan fingerprint density at radius 1 is 0.750 bits per heavy atom. The standard InChI is InChI=1S/C20H43N3O5/c1-4-7-21-8-5-9-23-20(24)6-11-25-13-15-27-17-18-28-16-14-26-12-10-22-19(2)3/h19,21-22H,4-18H2,1-3H3,(H,23,24). The molecule has 0 fully saturated rings. The van der Waals surface area contributed by atoms with Crippen LogP contribution in [0.25, 0.3) is 0 Å². The van der Waals surface area contributed by atoms with E-state index in [1.807, 2.05) is 0 Å². The molecule has 0 spiro atoms. The fraction of sp³-hybridized carbons (Fsp3) is 0.950. The number of amides is 1. The van der Waals surface area contributed by atoms with Gasteiger partial charge in [0, 0.05) is 25.6 Å². The van der Waals surface area contributed by atoms with Crippen LogP contribution < -0.4 is 16.0 Å². The Hall–Kier alpha value is -0.770. The summed E-state index contributed by atoms with van der Waals surface area (Å²) in [6.45, 7) is 14.3. The van der Waals surface area contributed by atoms with Gasteiger partial charge in [-0.25, -0.2) is 0 Å². The Labute approximate surface area is 171 Å². The average Bonchev–Trinajstić information content (AvgIpc) is 2.67. The van der Waals surface area contributed by atoms with Crippen LogP contribution in [-0.2, 0) is 23.7 Å². The summed E-state index contributed by atoms with van der Waals surface area (Å²) in [6.07, 6.45) is 2.47. The Kier molecular flexibility index (Phi) is 21.9. The molecule has 0 atom stereocenters. The molecule has 168 valence electrons. The van der Waals surface area contributed by atoms with Crippen LogP contribution in [0.4, 0.5) is 0 Å². The van der Waals surface area contributed by atoms with Crippen molar-refractivity contribution >= 4 is 5.91 Å². The Bertz CT molecular complexity index is 333. The van der Waals surface area contributed by atoms with E-state index in [1.165, 1.54) is 0 Å². The quantitative estimate of drug-likeness (QED) is 0.231. The first-order valence-electron chi connectivity index (χ1n) is 10.7. The van der Waals surface area contributed by atoms with Gasteiger partial charge in [0.15, 0.2) is 0 Å². The van der Waals surface area contributed by atoms with Crippen molar-refractivity contribution in [2.75, 3.05) is 79.0 Å². The first-order chi connectivity index (χ1) is 13.7. The lowest BCUT2D eigenvalue weighted by Crippen LogP contribution is -2.28. The summed E-state index contributed by atoms with van der Waals surface area (Å²) in [5.74, 6) is 0.0343. The van der Waals surface area contributed by atoms with Crippen molar-refractivity contribution in [3.05, 3.63) is 0 Å². The summed E-state index contributed by atoms with van der Waals surface area (Å²) in [5.41, 5.74) is 0. The van der Waals surface area contributed by atoms with Gasteiger partial charge in [-0.15, -0.1) is 0 Å². The van der Waals surface area contributed by atoms with Gasteiger partial charge in [-0.05, 0) is 25.9 Å². The van der Waals surface area contributed by atoms with Crippen molar-refractivity contribution in [3.63, 3.8) is 0 Å². The highest BCUT2D eigenvalue weighted by atomic mass is 16.6. The van der Waals surface area contributed by atoms with E-state index in [9.17, 15) is 4.79 Å². The molecule has 0 aromatic carbocycles. The summed E-state index contributed by atoms with van der Waals surface area (Å²) >= 11 is 0. The normalized spacial score (nSPS) is 11.3. The van der Waals surface area contributed by atoms with Crippen LogP contribution in [-0.4, -0.2) is 91.0 Å². The van der Waals surface area contributed by atoms with E-state index in [4.69, 9.17) is 18.9 Å². The molecule has 0 rings (SSSR count). The molecule has 8 heteroatoms. The van der Waals surface area contributed by atoms with E-state index in [-0.39, 0.29) is 5.91 Å². The summed E-state index contributed by atoms with van der Waals surface area (Å²) in [5, 5.41) is 9.48. The molecule has 28 heavy (non-hydrogen) atoms. The predicted molar refractivity (Wildman–Crippen MR) is 112 cm³/mol. The molecule has 0 bridgehead atoms. The summed E-state index contributed by atoms with van der Waals surface area (Å²) < 4.78 is 21.7. The van der Waals surface area contributed by atoms with Gasteiger partial charge in [0.25, 0.3) is 0 Å². The summed E-state index contributed by atoms with van der Waals surface area (Å²) in [6, 6.07) is 0.487. The van der Waals surface area contributed by atoms with Gasteiger partial charge in [0.1, 0.15) is 0 Å². The number of carbonyl (C=O) groups excluding carboxylic acids is 1. The molecular formula is C20H43N3O5. The average molecular weight is 406 g/mol. The van der Waals surface area contributed by atoms with Gasteiger partial charge >= 0.3 is 0 Å². The number of rotatable bonds is 22. The minimum Gasteiger partial charge on any atom is -0.379 e. The molecule has 0 saturated heterocycles. The Balaban J connectivity index is 3.12. The van der Waals surface area contributed by atoms with E-state index in [2.05, 4.69) is 36.7 Å². The minimum absolute atomic E-state index is 0.0343. The maximum atomic E-state index is 11.6. The fourth-order valence-electron chi connectivity index (χ4n) is 2.18. The highest BCUT2D eigenvalue weighted by Gasteiger charge is 2.00. The van der Waals surface area contributed by atoms with Crippen LogP contribution in [0.15, 0.2) is 0 Å². The van der Waals surface area contributed by atoms with Gasteiger partial charge < -0.3 is 34.9 Å². The van der Waals surface area contributed by atoms with Crippen LogP contribution >= 0.6 is 0 Å². The highest BCUT2D eigenvalue weighted by Crippen LogP contribution is 1.87. The van der Waals surface area contributed by atoms with Crippen LogP contribution in [0, 0.1) is 0 Å². The predicted octanol–water partition coefficient (Wildman–Crippen LogP) is 0.947. The van der Waals surface area contributed by atoms with Crippen molar-refractivity contribution < 1.29 is 23.7 Å². The van der Waals surface area contributed by atoms with Crippen LogP contribution in [0.3, 0.4) is 0 Å². The molecule has 0 aromatic heterocycles. The van der Waals surface area contributed by atoms with Gasteiger partial charge in [-0.2, -0.15) is 0 Å². The zero-order valence-corrected chi connectivity index (χ0v) is 18.2. The third-order valence-corrected chi connectivity index (χ3v) is 3.67. The van der Waals surface area contributed by atoms with Crippen molar-refractivity contribution in [2.24, 2.45) is 0 Å². The second-order valence-electron chi connectivity index (χ2n) is 6.76. The molecular weight excluding hydrogens is 362 g/mol. The number of hydrogen-bond acceptors (Lipinski definition) is 7. The highest BCUT2D eigenvalue weighted by molar-refractivity contribution is 5.75. The van der Waals surface area contributed by atoms with Crippen LogP contribution in [0.1, 0.15) is 40.0 Å². The molecule has 0 aliphatic heterocycles. The lowest BCUT2D eigenvalue weighted by atomic mass is 10.3. The number of hydrogen-bond donors (Lipinski definition) is 3. The van der Waals surface area contributed by atoms with Gasteiger partial charge in [-0.1, -0.05) is 20.8 Å². The fourth-order valence-corrected chi connectivity index (χ4v) is 2.18. The molecule has 0 heterocycles.